The Morgan fingerprint density at radius 1 is 1.15 bits per heavy atom. The van der Waals surface area contributed by atoms with Gasteiger partial charge in [-0.05, 0) is 18.2 Å². The average molecular weight is 275 g/mol. The molecule has 102 valence electrons. The topological polar surface area (TPSA) is 46.3 Å². The molecule has 0 aliphatic rings. The van der Waals surface area contributed by atoms with Crippen LogP contribution in [-0.4, -0.2) is 10.1 Å². The fraction of sp³-hybridized carbons (Fsp3) is 0.133. The summed E-state index contributed by atoms with van der Waals surface area (Å²) in [6.07, 6.45) is -1.11. The number of benzene rings is 2. The van der Waals surface area contributed by atoms with Crippen LogP contribution in [0.25, 0.3) is 11.1 Å². The highest BCUT2D eigenvalue weighted by Crippen LogP contribution is 2.23. The molecule has 0 amide bonds. The summed E-state index contributed by atoms with van der Waals surface area (Å²) >= 11 is 0. The maximum absolute atomic E-state index is 13.6. The van der Waals surface area contributed by atoms with Gasteiger partial charge in [0.2, 0.25) is 0 Å². The van der Waals surface area contributed by atoms with Gasteiger partial charge in [0.05, 0.1) is 12.5 Å². The zero-order valence-corrected chi connectivity index (χ0v) is 10.4. The standard InChI is InChI=1S/C15H11F2NO2/c16-9-5-6-10(11(17)7-9)13(19)8-15-18-12-3-1-2-4-14(12)20-15/h1-7,13,19H,8H2. The Balaban J connectivity index is 1.86. The predicted octanol–water partition coefficient (Wildman–Crippen LogP) is 3.38. The lowest BCUT2D eigenvalue weighted by atomic mass is 10.1. The van der Waals surface area contributed by atoms with E-state index in [1.165, 1.54) is 6.07 Å². The van der Waals surface area contributed by atoms with Crippen LogP contribution in [0, 0.1) is 11.6 Å². The maximum atomic E-state index is 13.6. The molecule has 20 heavy (non-hydrogen) atoms. The van der Waals surface area contributed by atoms with E-state index in [0.717, 1.165) is 12.1 Å². The number of oxazole rings is 1. The van der Waals surface area contributed by atoms with Crippen molar-refractivity contribution in [2.45, 2.75) is 12.5 Å². The van der Waals surface area contributed by atoms with Crippen LogP contribution in [0.4, 0.5) is 8.78 Å². The van der Waals surface area contributed by atoms with E-state index in [2.05, 4.69) is 4.98 Å². The molecule has 1 atom stereocenters. The van der Waals surface area contributed by atoms with Crippen molar-refractivity contribution in [1.82, 2.24) is 4.98 Å². The summed E-state index contributed by atoms with van der Waals surface area (Å²) < 4.78 is 31.8. The van der Waals surface area contributed by atoms with E-state index in [1.807, 2.05) is 12.1 Å². The second-order valence-corrected chi connectivity index (χ2v) is 4.46. The Labute approximate surface area is 113 Å². The van der Waals surface area contributed by atoms with Crippen LogP contribution in [0.2, 0.25) is 0 Å². The molecule has 0 bridgehead atoms. The van der Waals surface area contributed by atoms with Crippen LogP contribution >= 0.6 is 0 Å². The molecular weight excluding hydrogens is 264 g/mol. The Morgan fingerprint density at radius 3 is 2.70 bits per heavy atom. The van der Waals surface area contributed by atoms with E-state index < -0.39 is 17.7 Å². The predicted molar refractivity (Wildman–Crippen MR) is 69.0 cm³/mol. The number of nitrogens with zero attached hydrogens (tertiary/aromatic N) is 1. The molecule has 0 aliphatic carbocycles. The number of aliphatic hydroxyl groups is 1. The van der Waals surface area contributed by atoms with Crippen molar-refractivity contribution in [3.8, 4) is 0 Å². The summed E-state index contributed by atoms with van der Waals surface area (Å²) in [6.45, 7) is 0. The van der Waals surface area contributed by atoms with Crippen LogP contribution in [0.1, 0.15) is 17.6 Å². The molecule has 1 aromatic heterocycles. The molecule has 5 heteroatoms. The van der Waals surface area contributed by atoms with Crippen LogP contribution in [0.3, 0.4) is 0 Å². The lowest BCUT2D eigenvalue weighted by Crippen LogP contribution is -2.05. The molecule has 3 nitrogen and oxygen atoms in total. The normalized spacial score (nSPS) is 12.8. The van der Waals surface area contributed by atoms with Gasteiger partial charge in [-0.1, -0.05) is 18.2 Å². The highest BCUT2D eigenvalue weighted by Gasteiger charge is 2.17. The SMILES string of the molecule is OC(Cc1nc2ccccc2o1)c1ccc(F)cc1F. The van der Waals surface area contributed by atoms with Gasteiger partial charge < -0.3 is 9.52 Å². The largest absolute Gasteiger partial charge is 0.441 e. The monoisotopic (exact) mass is 275 g/mol. The molecule has 3 aromatic rings. The molecule has 0 aliphatic heterocycles. The van der Waals surface area contributed by atoms with Crippen molar-refractivity contribution in [1.29, 1.82) is 0 Å². The molecule has 1 heterocycles. The molecule has 0 saturated carbocycles. The van der Waals surface area contributed by atoms with Gasteiger partial charge in [-0.25, -0.2) is 13.8 Å². The van der Waals surface area contributed by atoms with Gasteiger partial charge in [-0.2, -0.15) is 0 Å². The number of hydrogen-bond acceptors (Lipinski definition) is 3. The number of fused-ring (bicyclic) bond motifs is 1. The molecule has 0 spiro atoms. The van der Waals surface area contributed by atoms with Gasteiger partial charge in [-0.15, -0.1) is 0 Å². The Bertz CT molecular complexity index is 721. The van der Waals surface area contributed by atoms with Gasteiger partial charge >= 0.3 is 0 Å². The molecule has 0 fully saturated rings. The molecule has 2 aromatic carbocycles. The van der Waals surface area contributed by atoms with E-state index in [9.17, 15) is 13.9 Å². The highest BCUT2D eigenvalue weighted by atomic mass is 19.1. The van der Waals surface area contributed by atoms with E-state index in [-0.39, 0.29) is 12.0 Å². The molecule has 3 rings (SSSR count). The molecule has 0 radical (unpaired) electrons. The van der Waals surface area contributed by atoms with Crippen LogP contribution < -0.4 is 0 Å². The Hall–Kier alpha value is -2.27. The van der Waals surface area contributed by atoms with Crippen molar-refractivity contribution >= 4 is 11.1 Å². The van der Waals surface area contributed by atoms with Crippen molar-refractivity contribution in [3.05, 3.63) is 65.6 Å². The number of halogens is 2. The van der Waals surface area contributed by atoms with Gasteiger partial charge in [0.25, 0.3) is 0 Å². The quantitative estimate of drug-likeness (QED) is 0.797. The summed E-state index contributed by atoms with van der Waals surface area (Å²) in [5.41, 5.74) is 1.30. The minimum Gasteiger partial charge on any atom is -0.441 e. The summed E-state index contributed by atoms with van der Waals surface area (Å²) in [6, 6.07) is 10.2. The van der Waals surface area contributed by atoms with E-state index in [1.54, 1.807) is 12.1 Å². The third-order valence-corrected chi connectivity index (χ3v) is 3.03. The third kappa shape index (κ3) is 2.40. The second kappa shape index (κ2) is 5.02. The smallest absolute Gasteiger partial charge is 0.198 e. The molecule has 1 unspecified atom stereocenters. The van der Waals surface area contributed by atoms with Crippen LogP contribution in [0.15, 0.2) is 46.9 Å². The third-order valence-electron chi connectivity index (χ3n) is 3.03. The van der Waals surface area contributed by atoms with Gasteiger partial charge in [0.15, 0.2) is 11.5 Å². The maximum Gasteiger partial charge on any atom is 0.198 e. The van der Waals surface area contributed by atoms with E-state index in [4.69, 9.17) is 4.42 Å². The first-order valence-corrected chi connectivity index (χ1v) is 6.11. The van der Waals surface area contributed by atoms with E-state index >= 15 is 0 Å². The zero-order valence-electron chi connectivity index (χ0n) is 10.4. The van der Waals surface area contributed by atoms with Crippen molar-refractivity contribution < 1.29 is 18.3 Å². The number of hydrogen-bond donors (Lipinski definition) is 1. The lowest BCUT2D eigenvalue weighted by Gasteiger charge is -2.09. The Morgan fingerprint density at radius 2 is 1.95 bits per heavy atom. The molecule has 0 saturated heterocycles. The first-order valence-electron chi connectivity index (χ1n) is 6.11. The average Bonchev–Trinajstić information content (AvgIpc) is 2.80. The van der Waals surface area contributed by atoms with Crippen molar-refractivity contribution in [2.24, 2.45) is 0 Å². The summed E-state index contributed by atoms with van der Waals surface area (Å²) in [5.74, 6) is -1.16. The number of aliphatic hydroxyl groups excluding tert-OH is 1. The summed E-state index contributed by atoms with van der Waals surface area (Å²) in [5, 5.41) is 10.0. The lowest BCUT2D eigenvalue weighted by molar-refractivity contribution is 0.164. The number of para-hydroxylation sites is 2. The van der Waals surface area contributed by atoms with Gasteiger partial charge in [0, 0.05) is 11.6 Å². The van der Waals surface area contributed by atoms with Gasteiger partial charge in [0.1, 0.15) is 17.2 Å². The number of rotatable bonds is 3. The van der Waals surface area contributed by atoms with Crippen molar-refractivity contribution in [2.75, 3.05) is 0 Å². The highest BCUT2D eigenvalue weighted by molar-refractivity contribution is 5.72. The first kappa shape index (κ1) is 12.7. The number of aromatic nitrogens is 1. The minimum atomic E-state index is -1.14. The fourth-order valence-electron chi connectivity index (χ4n) is 2.05. The van der Waals surface area contributed by atoms with Crippen LogP contribution in [-0.2, 0) is 6.42 Å². The summed E-state index contributed by atoms with van der Waals surface area (Å²) in [7, 11) is 0. The van der Waals surface area contributed by atoms with Gasteiger partial charge in [-0.3, -0.25) is 0 Å². The fourth-order valence-corrected chi connectivity index (χ4v) is 2.05. The van der Waals surface area contributed by atoms with Crippen LogP contribution in [0.5, 0.6) is 0 Å². The summed E-state index contributed by atoms with van der Waals surface area (Å²) in [4.78, 5) is 4.20. The minimum absolute atomic E-state index is 0.0219. The molecule has 1 N–H and O–H groups in total. The first-order chi connectivity index (χ1) is 9.63. The molecular formula is C15H11F2NO2. The second-order valence-electron chi connectivity index (χ2n) is 4.46. The van der Waals surface area contributed by atoms with E-state index in [0.29, 0.717) is 17.0 Å². The Kier molecular flexibility index (Phi) is 3.20. The van der Waals surface area contributed by atoms with Crippen molar-refractivity contribution in [3.63, 3.8) is 0 Å². The zero-order chi connectivity index (χ0) is 14.1.